The summed E-state index contributed by atoms with van der Waals surface area (Å²) in [7, 11) is 0. The van der Waals surface area contributed by atoms with Gasteiger partial charge >= 0.3 is 0 Å². The summed E-state index contributed by atoms with van der Waals surface area (Å²) in [6, 6.07) is 17.3. The highest BCUT2D eigenvalue weighted by Gasteiger charge is 2.12. The van der Waals surface area contributed by atoms with Gasteiger partial charge in [-0.15, -0.1) is 0 Å². The number of para-hydroxylation sites is 1. The van der Waals surface area contributed by atoms with Gasteiger partial charge < -0.3 is 9.84 Å². The normalized spacial score (nSPS) is 12.3. The first-order valence-electron chi connectivity index (χ1n) is 7.08. The van der Waals surface area contributed by atoms with Crippen molar-refractivity contribution >= 4 is 10.9 Å². The zero-order chi connectivity index (χ0) is 14.7. The van der Waals surface area contributed by atoms with E-state index in [2.05, 4.69) is 4.98 Å². The molecule has 1 atom stereocenters. The molecule has 3 nitrogen and oxygen atoms in total. The maximum absolute atomic E-state index is 10.1. The van der Waals surface area contributed by atoms with Crippen LogP contribution < -0.4 is 4.74 Å². The molecule has 0 unspecified atom stereocenters. The molecular formula is C18H17NO2. The van der Waals surface area contributed by atoms with E-state index in [1.807, 2.05) is 61.5 Å². The van der Waals surface area contributed by atoms with Crippen molar-refractivity contribution in [1.29, 1.82) is 0 Å². The van der Waals surface area contributed by atoms with Crippen molar-refractivity contribution < 1.29 is 9.84 Å². The van der Waals surface area contributed by atoms with E-state index >= 15 is 0 Å². The fourth-order valence-electron chi connectivity index (χ4n) is 2.35. The first-order valence-corrected chi connectivity index (χ1v) is 7.08. The highest BCUT2D eigenvalue weighted by Crippen LogP contribution is 2.33. The predicted molar refractivity (Wildman–Crippen MR) is 83.5 cm³/mol. The van der Waals surface area contributed by atoms with Crippen LogP contribution in [0.2, 0.25) is 0 Å². The summed E-state index contributed by atoms with van der Waals surface area (Å²) in [6.45, 7) is 1.95. The SMILES string of the molecule is CC[C@H](O)c1ccccc1Oc1cccc2ncccc12. The Morgan fingerprint density at radius 2 is 1.81 bits per heavy atom. The van der Waals surface area contributed by atoms with Crippen molar-refractivity contribution in [2.24, 2.45) is 0 Å². The van der Waals surface area contributed by atoms with Crippen molar-refractivity contribution in [2.75, 3.05) is 0 Å². The number of ether oxygens (including phenoxy) is 1. The van der Waals surface area contributed by atoms with Crippen LogP contribution in [0.25, 0.3) is 10.9 Å². The number of aromatic nitrogens is 1. The molecule has 0 saturated carbocycles. The van der Waals surface area contributed by atoms with Gasteiger partial charge in [-0.3, -0.25) is 4.98 Å². The lowest BCUT2D eigenvalue weighted by molar-refractivity contribution is 0.170. The molecule has 3 heteroatoms. The quantitative estimate of drug-likeness (QED) is 0.766. The molecule has 0 amide bonds. The lowest BCUT2D eigenvalue weighted by atomic mass is 10.1. The minimum atomic E-state index is -0.519. The molecule has 0 fully saturated rings. The van der Waals surface area contributed by atoms with E-state index in [1.165, 1.54) is 0 Å². The summed E-state index contributed by atoms with van der Waals surface area (Å²) in [5, 5.41) is 11.1. The molecule has 0 aliphatic heterocycles. The molecule has 2 aromatic carbocycles. The van der Waals surface area contributed by atoms with E-state index in [9.17, 15) is 5.11 Å². The molecule has 0 radical (unpaired) electrons. The zero-order valence-corrected chi connectivity index (χ0v) is 11.9. The molecule has 0 spiro atoms. The molecule has 1 N–H and O–H groups in total. The first-order chi connectivity index (χ1) is 10.3. The Morgan fingerprint density at radius 1 is 1.00 bits per heavy atom. The van der Waals surface area contributed by atoms with Crippen molar-refractivity contribution in [3.8, 4) is 11.5 Å². The minimum Gasteiger partial charge on any atom is -0.456 e. The van der Waals surface area contributed by atoms with Gasteiger partial charge in [-0.05, 0) is 36.8 Å². The van der Waals surface area contributed by atoms with Crippen LogP contribution in [0.3, 0.4) is 0 Å². The Bertz CT molecular complexity index is 750. The Balaban J connectivity index is 2.03. The molecule has 0 aliphatic carbocycles. The largest absolute Gasteiger partial charge is 0.456 e. The van der Waals surface area contributed by atoms with Crippen LogP contribution in [0.5, 0.6) is 11.5 Å². The number of fused-ring (bicyclic) bond motifs is 1. The highest BCUT2D eigenvalue weighted by molar-refractivity contribution is 5.85. The van der Waals surface area contributed by atoms with Crippen molar-refractivity contribution in [3.63, 3.8) is 0 Å². The number of benzene rings is 2. The number of rotatable bonds is 4. The second-order valence-corrected chi connectivity index (χ2v) is 4.89. The van der Waals surface area contributed by atoms with Gasteiger partial charge in [0.1, 0.15) is 11.5 Å². The number of pyridine rings is 1. The molecule has 21 heavy (non-hydrogen) atoms. The van der Waals surface area contributed by atoms with Gasteiger partial charge in [0.05, 0.1) is 11.6 Å². The summed E-state index contributed by atoms with van der Waals surface area (Å²) in [6.07, 6.45) is 1.90. The number of hydrogen-bond donors (Lipinski definition) is 1. The standard InChI is InChI=1S/C18H17NO2/c1-2-16(20)14-7-3-4-10-18(14)21-17-11-5-9-15-13(17)8-6-12-19-15/h3-12,16,20H,2H2,1H3/t16-/m0/s1. The Kier molecular flexibility index (Phi) is 3.84. The zero-order valence-electron chi connectivity index (χ0n) is 11.9. The fourth-order valence-corrected chi connectivity index (χ4v) is 2.35. The van der Waals surface area contributed by atoms with Gasteiger partial charge in [0, 0.05) is 17.1 Å². The molecule has 1 aromatic heterocycles. The smallest absolute Gasteiger partial charge is 0.136 e. The average Bonchev–Trinajstić information content (AvgIpc) is 2.55. The van der Waals surface area contributed by atoms with Crippen LogP contribution in [0.1, 0.15) is 25.0 Å². The van der Waals surface area contributed by atoms with Crippen LogP contribution in [-0.2, 0) is 0 Å². The van der Waals surface area contributed by atoms with Crippen LogP contribution >= 0.6 is 0 Å². The average molecular weight is 279 g/mol. The maximum Gasteiger partial charge on any atom is 0.136 e. The Hall–Kier alpha value is -2.39. The lowest BCUT2D eigenvalue weighted by Crippen LogP contribution is -1.98. The molecule has 0 aliphatic rings. The van der Waals surface area contributed by atoms with Gasteiger partial charge in [-0.2, -0.15) is 0 Å². The molecule has 1 heterocycles. The van der Waals surface area contributed by atoms with Crippen LogP contribution in [0.15, 0.2) is 60.8 Å². The number of aliphatic hydroxyl groups excluding tert-OH is 1. The third-order valence-electron chi connectivity index (χ3n) is 3.49. The van der Waals surface area contributed by atoms with E-state index in [-0.39, 0.29) is 0 Å². The van der Waals surface area contributed by atoms with Crippen LogP contribution in [0.4, 0.5) is 0 Å². The number of aliphatic hydroxyl groups is 1. The van der Waals surface area contributed by atoms with Gasteiger partial charge in [-0.25, -0.2) is 0 Å². The van der Waals surface area contributed by atoms with Gasteiger partial charge in [0.25, 0.3) is 0 Å². The van der Waals surface area contributed by atoms with E-state index in [1.54, 1.807) is 6.20 Å². The fraction of sp³-hybridized carbons (Fsp3) is 0.167. The highest BCUT2D eigenvalue weighted by atomic mass is 16.5. The van der Waals surface area contributed by atoms with Crippen molar-refractivity contribution in [1.82, 2.24) is 4.98 Å². The topological polar surface area (TPSA) is 42.4 Å². The molecule has 0 bridgehead atoms. The summed E-state index contributed by atoms with van der Waals surface area (Å²) in [5.74, 6) is 1.43. The van der Waals surface area contributed by atoms with Gasteiger partial charge in [-0.1, -0.05) is 31.2 Å². The van der Waals surface area contributed by atoms with Gasteiger partial charge in [0.15, 0.2) is 0 Å². The number of nitrogens with zero attached hydrogens (tertiary/aromatic N) is 1. The van der Waals surface area contributed by atoms with E-state index in [0.29, 0.717) is 12.2 Å². The van der Waals surface area contributed by atoms with Crippen LogP contribution in [-0.4, -0.2) is 10.1 Å². The monoisotopic (exact) mass is 279 g/mol. The second-order valence-electron chi connectivity index (χ2n) is 4.89. The Morgan fingerprint density at radius 3 is 2.67 bits per heavy atom. The van der Waals surface area contributed by atoms with Crippen molar-refractivity contribution in [3.05, 3.63) is 66.4 Å². The molecule has 0 saturated heterocycles. The molecule has 3 rings (SSSR count). The van der Waals surface area contributed by atoms with E-state index < -0.39 is 6.10 Å². The van der Waals surface area contributed by atoms with Crippen molar-refractivity contribution in [2.45, 2.75) is 19.4 Å². The molecule has 3 aromatic rings. The predicted octanol–water partition coefficient (Wildman–Crippen LogP) is 4.47. The summed E-state index contributed by atoms with van der Waals surface area (Å²) < 4.78 is 6.05. The molecular weight excluding hydrogens is 262 g/mol. The summed E-state index contributed by atoms with van der Waals surface area (Å²) in [5.41, 5.74) is 1.70. The molecule has 106 valence electrons. The summed E-state index contributed by atoms with van der Waals surface area (Å²) >= 11 is 0. The van der Waals surface area contributed by atoms with E-state index in [0.717, 1.165) is 22.2 Å². The third-order valence-corrected chi connectivity index (χ3v) is 3.49. The van der Waals surface area contributed by atoms with Gasteiger partial charge in [0.2, 0.25) is 0 Å². The summed E-state index contributed by atoms with van der Waals surface area (Å²) in [4.78, 5) is 4.33. The van der Waals surface area contributed by atoms with Crippen LogP contribution in [0, 0.1) is 0 Å². The Labute approximate surface area is 123 Å². The first kappa shape index (κ1) is 13.6. The maximum atomic E-state index is 10.1. The minimum absolute atomic E-state index is 0.519. The second kappa shape index (κ2) is 5.94. The number of hydrogen-bond acceptors (Lipinski definition) is 3. The van der Waals surface area contributed by atoms with E-state index in [4.69, 9.17) is 4.74 Å². The lowest BCUT2D eigenvalue weighted by Gasteiger charge is -2.15. The third kappa shape index (κ3) is 2.73.